The van der Waals surface area contributed by atoms with Gasteiger partial charge in [-0.15, -0.1) is 0 Å². The minimum Gasteiger partial charge on any atom is -0.512 e. The molecule has 1 aliphatic heterocycles. The molecule has 0 radical (unpaired) electrons. The molecular weight excluding hydrogens is 314 g/mol. The number of fused-ring (bicyclic) bond motifs is 1. The summed E-state index contributed by atoms with van der Waals surface area (Å²) in [6.45, 7) is 3.28. The van der Waals surface area contributed by atoms with Gasteiger partial charge in [-0.05, 0) is 38.2 Å². The predicted octanol–water partition coefficient (Wildman–Crippen LogP) is 3.46. The maximum Gasteiger partial charge on any atom is 0.141 e. The van der Waals surface area contributed by atoms with Gasteiger partial charge in [0, 0.05) is 24.3 Å². The molecule has 1 aromatic rings. The molecule has 2 heterocycles. The first kappa shape index (κ1) is 16.6. The van der Waals surface area contributed by atoms with Crippen molar-refractivity contribution in [1.29, 1.82) is 0 Å². The van der Waals surface area contributed by atoms with Gasteiger partial charge >= 0.3 is 0 Å². The lowest BCUT2D eigenvalue weighted by Crippen LogP contribution is -2.38. The van der Waals surface area contributed by atoms with E-state index in [1.54, 1.807) is 6.08 Å². The highest BCUT2D eigenvalue weighted by Crippen LogP contribution is 2.33. The Morgan fingerprint density at radius 2 is 1.84 bits per heavy atom. The van der Waals surface area contributed by atoms with Gasteiger partial charge < -0.3 is 14.7 Å². The first-order valence-electron chi connectivity index (χ1n) is 9.61. The highest BCUT2D eigenvalue weighted by molar-refractivity contribution is 5.51. The molecule has 0 saturated carbocycles. The summed E-state index contributed by atoms with van der Waals surface area (Å²) in [5, 5.41) is 10.3. The number of aliphatic hydroxyl groups is 1. The van der Waals surface area contributed by atoms with Crippen molar-refractivity contribution in [1.82, 2.24) is 9.97 Å². The fourth-order valence-corrected chi connectivity index (χ4v) is 3.99. The van der Waals surface area contributed by atoms with Crippen molar-refractivity contribution in [2.45, 2.75) is 50.9 Å². The van der Waals surface area contributed by atoms with Gasteiger partial charge in [-0.3, -0.25) is 0 Å². The molecule has 1 aromatic heterocycles. The Bertz CT molecular complexity index is 678. The van der Waals surface area contributed by atoms with Gasteiger partial charge in [0.1, 0.15) is 17.4 Å². The molecule has 0 amide bonds. The molecule has 1 atom stereocenters. The van der Waals surface area contributed by atoms with E-state index in [-0.39, 0.29) is 5.92 Å². The van der Waals surface area contributed by atoms with E-state index in [1.165, 1.54) is 36.9 Å². The van der Waals surface area contributed by atoms with Crippen molar-refractivity contribution in [2.75, 3.05) is 31.2 Å². The highest BCUT2D eigenvalue weighted by Gasteiger charge is 2.26. The first-order valence-corrected chi connectivity index (χ1v) is 9.61. The van der Waals surface area contributed by atoms with Crippen LogP contribution in [0.25, 0.3) is 0 Å². The molecule has 134 valence electrons. The van der Waals surface area contributed by atoms with Crippen LogP contribution in [0, 0.1) is 0 Å². The van der Waals surface area contributed by atoms with Crippen LogP contribution in [0.5, 0.6) is 0 Å². The third kappa shape index (κ3) is 3.56. The third-order valence-electron chi connectivity index (χ3n) is 5.43. The molecule has 1 fully saturated rings. The molecule has 1 unspecified atom stereocenters. The number of ether oxygens (including phenoxy) is 1. The maximum atomic E-state index is 10.3. The van der Waals surface area contributed by atoms with Crippen LogP contribution in [-0.2, 0) is 17.6 Å². The monoisotopic (exact) mass is 341 g/mol. The summed E-state index contributed by atoms with van der Waals surface area (Å²) < 4.78 is 5.53. The van der Waals surface area contributed by atoms with Crippen molar-refractivity contribution in [3.63, 3.8) is 0 Å². The third-order valence-corrected chi connectivity index (χ3v) is 5.43. The van der Waals surface area contributed by atoms with Gasteiger partial charge in [0.15, 0.2) is 0 Å². The zero-order chi connectivity index (χ0) is 17.1. The average Bonchev–Trinajstić information content (AvgIpc) is 2.63. The van der Waals surface area contributed by atoms with E-state index in [4.69, 9.17) is 14.7 Å². The van der Waals surface area contributed by atoms with Crippen LogP contribution in [-0.4, -0.2) is 41.4 Å². The van der Waals surface area contributed by atoms with Gasteiger partial charge in [-0.1, -0.05) is 25.0 Å². The van der Waals surface area contributed by atoms with Crippen LogP contribution in [0.2, 0.25) is 0 Å². The predicted molar refractivity (Wildman–Crippen MR) is 98.1 cm³/mol. The van der Waals surface area contributed by atoms with Crippen LogP contribution in [0.4, 0.5) is 5.82 Å². The molecule has 25 heavy (non-hydrogen) atoms. The van der Waals surface area contributed by atoms with Crippen LogP contribution in [0.1, 0.15) is 55.1 Å². The van der Waals surface area contributed by atoms with Crippen molar-refractivity contribution in [2.24, 2.45) is 0 Å². The maximum absolute atomic E-state index is 10.3. The van der Waals surface area contributed by atoms with Crippen molar-refractivity contribution < 1.29 is 9.84 Å². The van der Waals surface area contributed by atoms with Crippen LogP contribution in [0.15, 0.2) is 24.0 Å². The van der Waals surface area contributed by atoms with Gasteiger partial charge in [0.05, 0.1) is 19.1 Å². The molecule has 0 aromatic carbocycles. The number of allylic oxidation sites excluding steroid dienone is 4. The van der Waals surface area contributed by atoms with E-state index >= 15 is 0 Å². The van der Waals surface area contributed by atoms with E-state index in [1.807, 2.05) is 6.08 Å². The van der Waals surface area contributed by atoms with E-state index in [0.717, 1.165) is 57.2 Å². The number of aromatic nitrogens is 2. The molecule has 5 heteroatoms. The Hall–Kier alpha value is -1.88. The van der Waals surface area contributed by atoms with Crippen molar-refractivity contribution in [3.05, 3.63) is 41.1 Å². The fraction of sp³-hybridized carbons (Fsp3) is 0.600. The van der Waals surface area contributed by atoms with Crippen LogP contribution in [0.3, 0.4) is 0 Å². The molecule has 5 nitrogen and oxygen atoms in total. The number of hydrogen-bond acceptors (Lipinski definition) is 5. The van der Waals surface area contributed by atoms with Gasteiger partial charge in [0.25, 0.3) is 0 Å². The topological polar surface area (TPSA) is 58.5 Å². The normalized spacial score (nSPS) is 24.2. The smallest absolute Gasteiger partial charge is 0.141 e. The number of morpholine rings is 1. The quantitative estimate of drug-likeness (QED) is 0.893. The molecular formula is C20H27N3O2. The number of aryl methyl sites for hydroxylation is 1. The SMILES string of the molecule is OC1=CC=CCC1c1nc2c(c(N3CCOCC3)n1)CCCCCC2. The minimum atomic E-state index is -0.111. The molecule has 0 bridgehead atoms. The summed E-state index contributed by atoms with van der Waals surface area (Å²) in [6, 6.07) is 0. The number of nitrogens with zero attached hydrogens (tertiary/aromatic N) is 3. The lowest BCUT2D eigenvalue weighted by Gasteiger charge is -2.31. The Balaban J connectivity index is 1.76. The molecule has 3 aliphatic rings. The number of aliphatic hydroxyl groups excluding tert-OH is 1. The summed E-state index contributed by atoms with van der Waals surface area (Å²) in [4.78, 5) is 12.3. The summed E-state index contributed by atoms with van der Waals surface area (Å²) >= 11 is 0. The largest absolute Gasteiger partial charge is 0.512 e. The Morgan fingerprint density at radius 3 is 2.64 bits per heavy atom. The number of rotatable bonds is 2. The van der Waals surface area contributed by atoms with E-state index in [2.05, 4.69) is 11.0 Å². The second kappa shape index (κ2) is 7.56. The van der Waals surface area contributed by atoms with Crippen molar-refractivity contribution >= 4 is 5.82 Å². The van der Waals surface area contributed by atoms with Gasteiger partial charge in [0.2, 0.25) is 0 Å². The van der Waals surface area contributed by atoms with E-state index in [9.17, 15) is 5.11 Å². The summed E-state index contributed by atoms with van der Waals surface area (Å²) in [6.07, 6.45) is 13.6. The van der Waals surface area contributed by atoms with E-state index in [0.29, 0.717) is 5.76 Å². The van der Waals surface area contributed by atoms with E-state index < -0.39 is 0 Å². The number of anilines is 1. The second-order valence-electron chi connectivity index (χ2n) is 7.15. The van der Waals surface area contributed by atoms with Crippen LogP contribution >= 0.6 is 0 Å². The second-order valence-corrected chi connectivity index (χ2v) is 7.15. The van der Waals surface area contributed by atoms with Crippen LogP contribution < -0.4 is 4.90 Å². The molecule has 2 aliphatic carbocycles. The van der Waals surface area contributed by atoms with Crippen molar-refractivity contribution in [3.8, 4) is 0 Å². The average molecular weight is 341 g/mol. The fourth-order valence-electron chi connectivity index (χ4n) is 3.99. The van der Waals surface area contributed by atoms with Gasteiger partial charge in [-0.25, -0.2) is 9.97 Å². The zero-order valence-corrected chi connectivity index (χ0v) is 14.8. The molecule has 0 spiro atoms. The standard InChI is InChI=1S/C20H27N3O2/c24-18-10-6-5-8-16(18)19-21-17-9-4-2-1-3-7-15(17)20(22-19)23-11-13-25-14-12-23/h5-6,10,16,24H,1-4,7-9,11-14H2. The molecule has 1 saturated heterocycles. The lowest BCUT2D eigenvalue weighted by atomic mass is 9.94. The summed E-state index contributed by atoms with van der Waals surface area (Å²) in [5.41, 5.74) is 2.54. The highest BCUT2D eigenvalue weighted by atomic mass is 16.5. The minimum absolute atomic E-state index is 0.111. The zero-order valence-electron chi connectivity index (χ0n) is 14.8. The summed E-state index contributed by atoms with van der Waals surface area (Å²) in [5.74, 6) is 2.13. The number of hydrogen-bond donors (Lipinski definition) is 1. The van der Waals surface area contributed by atoms with Gasteiger partial charge in [-0.2, -0.15) is 0 Å². The Kier molecular flexibility index (Phi) is 5.02. The Morgan fingerprint density at radius 1 is 1.04 bits per heavy atom. The molecule has 4 rings (SSSR count). The summed E-state index contributed by atoms with van der Waals surface area (Å²) in [7, 11) is 0. The first-order chi connectivity index (χ1) is 12.3. The lowest BCUT2D eigenvalue weighted by molar-refractivity contribution is 0.122. The Labute approximate surface area is 149 Å². The molecule has 1 N–H and O–H groups in total.